The normalized spacial score (nSPS) is 10.7. The fourth-order valence-electron chi connectivity index (χ4n) is 1.40. The van der Waals surface area contributed by atoms with Gasteiger partial charge < -0.3 is 9.52 Å². The number of fused-ring (bicyclic) bond motifs is 1. The van der Waals surface area contributed by atoms with Crippen molar-refractivity contribution in [1.29, 1.82) is 0 Å². The molecule has 2 rings (SSSR count). The molecule has 0 bridgehead atoms. The number of hydrogen-bond donors (Lipinski definition) is 2. The largest absolute Gasteiger partial charge is 0.507 e. The van der Waals surface area contributed by atoms with Gasteiger partial charge in [-0.15, -0.1) is 0 Å². The van der Waals surface area contributed by atoms with E-state index in [1.807, 2.05) is 0 Å². The van der Waals surface area contributed by atoms with Gasteiger partial charge in [-0.05, 0) is 18.2 Å². The number of rotatable bonds is 2. The lowest BCUT2D eigenvalue weighted by atomic mass is 10.1. The molecule has 0 aliphatic carbocycles. The second-order valence-corrected chi connectivity index (χ2v) is 3.05. The molecule has 1 heterocycles. The third kappa shape index (κ3) is 1.70. The average Bonchev–Trinajstić information content (AvgIpc) is 2.23. The predicted molar refractivity (Wildman–Crippen MR) is 53.1 cm³/mol. The van der Waals surface area contributed by atoms with E-state index in [1.54, 1.807) is 12.1 Å². The molecule has 78 valence electrons. The van der Waals surface area contributed by atoms with Gasteiger partial charge in [0.05, 0.1) is 5.56 Å². The van der Waals surface area contributed by atoms with Crippen molar-refractivity contribution in [3.05, 3.63) is 40.2 Å². The summed E-state index contributed by atoms with van der Waals surface area (Å²) < 4.78 is 4.98. The van der Waals surface area contributed by atoms with Crippen LogP contribution in [0, 0.1) is 0 Å². The number of aromatic hydroxyl groups is 1. The molecule has 0 spiro atoms. The summed E-state index contributed by atoms with van der Waals surface area (Å²) in [5.74, 6) is 4.92. The molecule has 3 N–H and O–H groups in total. The highest BCUT2D eigenvalue weighted by Gasteiger charge is 2.09. The van der Waals surface area contributed by atoms with Gasteiger partial charge in [0.2, 0.25) is 0 Å². The van der Waals surface area contributed by atoms with Gasteiger partial charge in [0.1, 0.15) is 17.9 Å². The molecular weight excluding hydrogens is 198 g/mol. The van der Waals surface area contributed by atoms with Crippen LogP contribution >= 0.6 is 0 Å². The highest BCUT2D eigenvalue weighted by atomic mass is 16.6. The smallest absolute Gasteiger partial charge is 0.336 e. The summed E-state index contributed by atoms with van der Waals surface area (Å²) in [5.41, 5.74) is 0.187. The van der Waals surface area contributed by atoms with E-state index in [0.29, 0.717) is 16.5 Å². The highest BCUT2D eigenvalue weighted by molar-refractivity contribution is 5.81. The standard InChI is InChI=1S/C10H9NO4/c11-14-5-7-8(12)3-1-6-2-4-9(13)15-10(6)7/h1-4,12H,5,11H2. The summed E-state index contributed by atoms with van der Waals surface area (Å²) in [4.78, 5) is 15.5. The maximum atomic E-state index is 11.0. The Morgan fingerprint density at radius 3 is 2.80 bits per heavy atom. The van der Waals surface area contributed by atoms with Crippen LogP contribution in [0.1, 0.15) is 5.56 Å². The maximum Gasteiger partial charge on any atom is 0.336 e. The number of nitrogens with two attached hydrogens (primary N) is 1. The quantitative estimate of drug-likeness (QED) is 0.564. The number of phenols is 1. The van der Waals surface area contributed by atoms with Gasteiger partial charge in [0.25, 0.3) is 0 Å². The highest BCUT2D eigenvalue weighted by Crippen LogP contribution is 2.26. The third-order valence-corrected chi connectivity index (χ3v) is 2.10. The van der Waals surface area contributed by atoms with Crippen molar-refractivity contribution in [2.75, 3.05) is 0 Å². The van der Waals surface area contributed by atoms with E-state index in [9.17, 15) is 9.90 Å². The monoisotopic (exact) mass is 207 g/mol. The molecule has 2 aromatic rings. The molecule has 1 aromatic carbocycles. The fraction of sp³-hybridized carbons (Fsp3) is 0.100. The summed E-state index contributed by atoms with van der Waals surface area (Å²) in [7, 11) is 0. The van der Waals surface area contributed by atoms with Crippen LogP contribution in [0.25, 0.3) is 11.0 Å². The van der Waals surface area contributed by atoms with E-state index in [-0.39, 0.29) is 12.4 Å². The van der Waals surface area contributed by atoms with Crippen LogP contribution in [0.4, 0.5) is 0 Å². The molecule has 0 saturated heterocycles. The summed E-state index contributed by atoms with van der Waals surface area (Å²) in [6.07, 6.45) is 0. The van der Waals surface area contributed by atoms with Gasteiger partial charge in [-0.2, -0.15) is 0 Å². The molecule has 0 amide bonds. The third-order valence-electron chi connectivity index (χ3n) is 2.10. The van der Waals surface area contributed by atoms with Gasteiger partial charge in [-0.25, -0.2) is 10.7 Å². The van der Waals surface area contributed by atoms with Crippen molar-refractivity contribution in [2.24, 2.45) is 5.90 Å². The number of benzene rings is 1. The average molecular weight is 207 g/mol. The SMILES string of the molecule is NOCc1c(O)ccc2ccc(=O)oc12. The van der Waals surface area contributed by atoms with Crippen LogP contribution in [0.15, 0.2) is 33.5 Å². The first-order valence-electron chi connectivity index (χ1n) is 4.29. The lowest BCUT2D eigenvalue weighted by molar-refractivity contribution is 0.122. The van der Waals surface area contributed by atoms with Crippen LogP contribution in [0.5, 0.6) is 5.75 Å². The minimum atomic E-state index is -0.480. The molecular formula is C10H9NO4. The number of hydrogen-bond acceptors (Lipinski definition) is 5. The van der Waals surface area contributed by atoms with Crippen LogP contribution < -0.4 is 11.5 Å². The van der Waals surface area contributed by atoms with Gasteiger partial charge >= 0.3 is 5.63 Å². The van der Waals surface area contributed by atoms with Crippen molar-refractivity contribution < 1.29 is 14.4 Å². The van der Waals surface area contributed by atoms with Crippen LogP contribution in [0.3, 0.4) is 0 Å². The second kappa shape index (κ2) is 3.72. The molecule has 0 radical (unpaired) electrons. The molecule has 0 fully saturated rings. The van der Waals surface area contributed by atoms with E-state index >= 15 is 0 Å². The lowest BCUT2D eigenvalue weighted by Crippen LogP contribution is -2.02. The Hall–Kier alpha value is -1.85. The summed E-state index contributed by atoms with van der Waals surface area (Å²) in [6.45, 7) is -0.0177. The van der Waals surface area contributed by atoms with Crippen molar-refractivity contribution in [2.45, 2.75) is 6.61 Å². The first kappa shape index (κ1) is 9.70. The van der Waals surface area contributed by atoms with Gasteiger partial charge in [-0.3, -0.25) is 4.84 Å². The van der Waals surface area contributed by atoms with Gasteiger partial charge in [-0.1, -0.05) is 0 Å². The molecule has 15 heavy (non-hydrogen) atoms. The predicted octanol–water partition coefficient (Wildman–Crippen LogP) is 0.889. The first-order chi connectivity index (χ1) is 7.22. The van der Waals surface area contributed by atoms with E-state index in [4.69, 9.17) is 10.3 Å². The molecule has 5 nitrogen and oxygen atoms in total. The first-order valence-corrected chi connectivity index (χ1v) is 4.29. The Labute approximate surface area is 84.6 Å². The minimum Gasteiger partial charge on any atom is -0.507 e. The Morgan fingerprint density at radius 1 is 1.33 bits per heavy atom. The van der Waals surface area contributed by atoms with Crippen molar-refractivity contribution in [1.82, 2.24) is 0 Å². The zero-order chi connectivity index (χ0) is 10.8. The van der Waals surface area contributed by atoms with Crippen molar-refractivity contribution in [3.8, 4) is 5.75 Å². The molecule has 0 unspecified atom stereocenters. The Bertz CT molecular complexity index is 547. The van der Waals surface area contributed by atoms with Crippen molar-refractivity contribution in [3.63, 3.8) is 0 Å². The molecule has 0 atom stereocenters. The molecule has 0 aliphatic heterocycles. The van der Waals surface area contributed by atoms with E-state index in [1.165, 1.54) is 12.1 Å². The number of phenolic OH excluding ortho intramolecular Hbond substituents is 1. The van der Waals surface area contributed by atoms with Crippen molar-refractivity contribution >= 4 is 11.0 Å². The van der Waals surface area contributed by atoms with Gasteiger partial charge in [0, 0.05) is 11.5 Å². The summed E-state index contributed by atoms with van der Waals surface area (Å²) in [6, 6.07) is 6.07. The molecule has 1 aromatic heterocycles. The topological polar surface area (TPSA) is 85.7 Å². The van der Waals surface area contributed by atoms with Crippen LogP contribution in [0.2, 0.25) is 0 Å². The minimum absolute atomic E-state index is 0.0118. The summed E-state index contributed by atoms with van der Waals surface area (Å²) >= 11 is 0. The van der Waals surface area contributed by atoms with Crippen LogP contribution in [-0.4, -0.2) is 5.11 Å². The zero-order valence-electron chi connectivity index (χ0n) is 7.77. The van der Waals surface area contributed by atoms with E-state index in [2.05, 4.69) is 4.84 Å². The Morgan fingerprint density at radius 2 is 2.07 bits per heavy atom. The zero-order valence-corrected chi connectivity index (χ0v) is 7.77. The molecule has 0 aliphatic rings. The Balaban J connectivity index is 2.78. The lowest BCUT2D eigenvalue weighted by Gasteiger charge is -2.05. The van der Waals surface area contributed by atoms with E-state index in [0.717, 1.165) is 0 Å². The van der Waals surface area contributed by atoms with Crippen LogP contribution in [-0.2, 0) is 11.4 Å². The fourth-order valence-corrected chi connectivity index (χ4v) is 1.40. The molecule has 0 saturated carbocycles. The van der Waals surface area contributed by atoms with Gasteiger partial charge in [0.15, 0.2) is 0 Å². The Kier molecular flexibility index (Phi) is 2.40. The van der Waals surface area contributed by atoms with E-state index < -0.39 is 5.63 Å². The molecule has 5 heteroatoms. The second-order valence-electron chi connectivity index (χ2n) is 3.05. The maximum absolute atomic E-state index is 11.0. The summed E-state index contributed by atoms with van der Waals surface area (Å²) in [5, 5.41) is 10.2.